The number of hydrogen-bond acceptors (Lipinski definition) is 4. The Labute approximate surface area is 167 Å². The van der Waals surface area contributed by atoms with Crippen LogP contribution in [-0.4, -0.2) is 18.3 Å². The van der Waals surface area contributed by atoms with E-state index in [9.17, 15) is 14.0 Å². The monoisotopic (exact) mass is 397 g/mol. The van der Waals surface area contributed by atoms with E-state index in [-0.39, 0.29) is 30.2 Å². The van der Waals surface area contributed by atoms with Crippen LogP contribution in [0.25, 0.3) is 0 Å². The third kappa shape index (κ3) is 5.04. The average molecular weight is 397 g/mol. The highest BCUT2D eigenvalue weighted by Crippen LogP contribution is 2.26. The molecule has 2 aromatic carbocycles. The molecular weight excluding hydrogens is 377 g/mol. The number of hydrogen-bond donors (Lipinski definition) is 1. The van der Waals surface area contributed by atoms with E-state index < -0.39 is 0 Å². The van der Waals surface area contributed by atoms with Crippen molar-refractivity contribution in [3.05, 3.63) is 87.9 Å². The first-order valence-electron chi connectivity index (χ1n) is 8.91. The van der Waals surface area contributed by atoms with Gasteiger partial charge in [-0.1, -0.05) is 25.1 Å². The molecule has 6 heteroatoms. The van der Waals surface area contributed by atoms with Crippen LogP contribution < -0.4 is 10.1 Å². The largest absolute Gasteiger partial charge is 0.484 e. The highest BCUT2D eigenvalue weighted by atomic mass is 32.1. The molecule has 0 saturated carbocycles. The lowest BCUT2D eigenvalue weighted by Crippen LogP contribution is -2.32. The van der Waals surface area contributed by atoms with Crippen LogP contribution in [0, 0.1) is 5.82 Å². The number of Topliss-reactive ketones (excluding diaryl/α,β-unsaturated/α-hetero) is 1. The minimum atomic E-state index is -0.374. The first kappa shape index (κ1) is 19.8. The van der Waals surface area contributed by atoms with Gasteiger partial charge in [-0.15, -0.1) is 11.3 Å². The Kier molecular flexibility index (Phi) is 6.55. The first-order valence-corrected chi connectivity index (χ1v) is 9.79. The molecule has 1 amide bonds. The zero-order valence-electron chi connectivity index (χ0n) is 15.4. The molecule has 3 rings (SSSR count). The van der Waals surface area contributed by atoms with Crippen molar-refractivity contribution in [2.45, 2.75) is 19.4 Å². The van der Waals surface area contributed by atoms with E-state index in [4.69, 9.17) is 4.74 Å². The standard InChI is InChI=1S/C22H20FNO3S/c1-2-19(25)15-7-11-18(12-8-15)27-14-21(26)24-22(20-4-3-13-28-20)16-5-9-17(23)10-6-16/h3-13,22H,2,14H2,1H3,(H,24,26)/t22-/m1/s1. The summed E-state index contributed by atoms with van der Waals surface area (Å²) >= 11 is 1.51. The van der Waals surface area contributed by atoms with E-state index in [0.717, 1.165) is 10.4 Å². The fourth-order valence-corrected chi connectivity index (χ4v) is 3.52. The smallest absolute Gasteiger partial charge is 0.258 e. The van der Waals surface area contributed by atoms with Gasteiger partial charge in [-0.3, -0.25) is 9.59 Å². The summed E-state index contributed by atoms with van der Waals surface area (Å²) < 4.78 is 18.8. The summed E-state index contributed by atoms with van der Waals surface area (Å²) in [5, 5.41) is 4.86. The summed E-state index contributed by atoms with van der Waals surface area (Å²) in [6.45, 7) is 1.65. The molecule has 3 aromatic rings. The highest BCUT2D eigenvalue weighted by Gasteiger charge is 2.18. The second-order valence-electron chi connectivity index (χ2n) is 6.16. The Hall–Kier alpha value is -2.99. The summed E-state index contributed by atoms with van der Waals surface area (Å²) in [7, 11) is 0. The number of carbonyl (C=O) groups excluding carboxylic acids is 2. The molecule has 0 spiro atoms. The summed E-state index contributed by atoms with van der Waals surface area (Å²) in [5.74, 6) is -0.0515. The van der Waals surface area contributed by atoms with Crippen molar-refractivity contribution >= 4 is 23.0 Å². The van der Waals surface area contributed by atoms with Crippen molar-refractivity contribution in [3.8, 4) is 5.75 Å². The highest BCUT2D eigenvalue weighted by molar-refractivity contribution is 7.10. The maximum Gasteiger partial charge on any atom is 0.258 e. The number of ether oxygens (including phenoxy) is 1. The van der Waals surface area contributed by atoms with Crippen molar-refractivity contribution < 1.29 is 18.7 Å². The van der Waals surface area contributed by atoms with E-state index in [2.05, 4.69) is 5.32 Å². The fourth-order valence-electron chi connectivity index (χ4n) is 2.72. The molecule has 0 aliphatic heterocycles. The molecule has 1 heterocycles. The van der Waals surface area contributed by atoms with Gasteiger partial charge in [0.25, 0.3) is 5.91 Å². The molecule has 0 aliphatic rings. The third-order valence-electron chi connectivity index (χ3n) is 4.20. The summed E-state index contributed by atoms with van der Waals surface area (Å²) in [5.41, 5.74) is 1.41. The molecule has 0 saturated heterocycles. The van der Waals surface area contributed by atoms with Crippen LogP contribution >= 0.6 is 11.3 Å². The SMILES string of the molecule is CCC(=O)c1ccc(OCC(=O)N[C@H](c2ccc(F)cc2)c2cccs2)cc1. The van der Waals surface area contributed by atoms with Crippen molar-refractivity contribution in [2.24, 2.45) is 0 Å². The number of nitrogens with one attached hydrogen (secondary N) is 1. The van der Waals surface area contributed by atoms with E-state index in [0.29, 0.717) is 17.7 Å². The number of ketones is 1. The van der Waals surface area contributed by atoms with Crippen molar-refractivity contribution in [2.75, 3.05) is 6.61 Å². The van der Waals surface area contributed by atoms with Crippen LogP contribution in [0.1, 0.15) is 40.2 Å². The number of thiophene rings is 1. The van der Waals surface area contributed by atoms with E-state index in [1.807, 2.05) is 24.4 Å². The molecule has 1 atom stereocenters. The van der Waals surface area contributed by atoms with Gasteiger partial charge < -0.3 is 10.1 Å². The van der Waals surface area contributed by atoms with Gasteiger partial charge in [0.05, 0.1) is 6.04 Å². The van der Waals surface area contributed by atoms with Gasteiger partial charge in [0.2, 0.25) is 0 Å². The number of benzene rings is 2. The molecule has 0 radical (unpaired) electrons. The maximum atomic E-state index is 13.2. The predicted octanol–water partition coefficient (Wildman–Crippen LogP) is 4.76. The molecule has 0 aliphatic carbocycles. The quantitative estimate of drug-likeness (QED) is 0.558. The Morgan fingerprint density at radius 2 is 1.79 bits per heavy atom. The molecule has 1 N–H and O–H groups in total. The Morgan fingerprint density at radius 3 is 2.39 bits per heavy atom. The van der Waals surface area contributed by atoms with Crippen LogP contribution in [0.2, 0.25) is 0 Å². The van der Waals surface area contributed by atoms with E-state index in [1.54, 1.807) is 36.4 Å². The summed E-state index contributed by atoms with van der Waals surface area (Å²) in [6.07, 6.45) is 0.441. The maximum absolute atomic E-state index is 13.2. The molecule has 0 fully saturated rings. The van der Waals surface area contributed by atoms with Gasteiger partial charge in [-0.25, -0.2) is 4.39 Å². The third-order valence-corrected chi connectivity index (χ3v) is 5.14. The normalized spacial score (nSPS) is 11.6. The predicted molar refractivity (Wildman–Crippen MR) is 107 cm³/mol. The second-order valence-corrected chi connectivity index (χ2v) is 7.14. The summed E-state index contributed by atoms with van der Waals surface area (Å²) in [4.78, 5) is 25.0. The van der Waals surface area contributed by atoms with Crippen LogP contribution in [0.4, 0.5) is 4.39 Å². The van der Waals surface area contributed by atoms with Gasteiger partial charge in [0.1, 0.15) is 11.6 Å². The average Bonchev–Trinajstić information content (AvgIpc) is 3.25. The van der Waals surface area contributed by atoms with Crippen molar-refractivity contribution in [1.82, 2.24) is 5.32 Å². The lowest BCUT2D eigenvalue weighted by atomic mass is 10.1. The molecular formula is C22H20FNO3S. The van der Waals surface area contributed by atoms with Gasteiger partial charge in [-0.05, 0) is 53.4 Å². The number of rotatable bonds is 8. The minimum Gasteiger partial charge on any atom is -0.484 e. The van der Waals surface area contributed by atoms with Crippen LogP contribution in [-0.2, 0) is 4.79 Å². The van der Waals surface area contributed by atoms with E-state index >= 15 is 0 Å². The van der Waals surface area contributed by atoms with Gasteiger partial charge in [0, 0.05) is 16.9 Å². The number of carbonyl (C=O) groups is 2. The Bertz CT molecular complexity index is 921. The van der Waals surface area contributed by atoms with Gasteiger partial charge in [-0.2, -0.15) is 0 Å². The lowest BCUT2D eigenvalue weighted by molar-refractivity contribution is -0.123. The number of amides is 1. The number of halogens is 1. The molecule has 28 heavy (non-hydrogen) atoms. The molecule has 1 aromatic heterocycles. The molecule has 144 valence electrons. The van der Waals surface area contributed by atoms with E-state index in [1.165, 1.54) is 23.5 Å². The second kappa shape index (κ2) is 9.28. The van der Waals surface area contributed by atoms with Crippen molar-refractivity contribution in [3.63, 3.8) is 0 Å². The fraction of sp³-hybridized carbons (Fsp3) is 0.182. The Morgan fingerprint density at radius 1 is 1.07 bits per heavy atom. The lowest BCUT2D eigenvalue weighted by Gasteiger charge is -2.18. The zero-order valence-corrected chi connectivity index (χ0v) is 16.2. The van der Waals surface area contributed by atoms with Gasteiger partial charge in [0.15, 0.2) is 12.4 Å². The molecule has 4 nitrogen and oxygen atoms in total. The van der Waals surface area contributed by atoms with Crippen LogP contribution in [0.5, 0.6) is 5.75 Å². The summed E-state index contributed by atoms with van der Waals surface area (Å²) in [6, 6.07) is 16.2. The minimum absolute atomic E-state index is 0.0578. The van der Waals surface area contributed by atoms with Crippen LogP contribution in [0.15, 0.2) is 66.0 Å². The van der Waals surface area contributed by atoms with Crippen molar-refractivity contribution in [1.29, 1.82) is 0 Å². The molecule has 0 bridgehead atoms. The first-order chi connectivity index (χ1) is 13.6. The van der Waals surface area contributed by atoms with Gasteiger partial charge >= 0.3 is 0 Å². The zero-order chi connectivity index (χ0) is 19.9. The van der Waals surface area contributed by atoms with Crippen LogP contribution in [0.3, 0.4) is 0 Å². The topological polar surface area (TPSA) is 55.4 Å². The Balaban J connectivity index is 1.64. The molecule has 0 unspecified atom stereocenters.